The van der Waals surface area contributed by atoms with Gasteiger partial charge in [-0.15, -0.1) is 5.10 Å². The zero-order valence-electron chi connectivity index (χ0n) is 20.2. The van der Waals surface area contributed by atoms with Crippen LogP contribution in [0, 0.1) is 6.92 Å². The average Bonchev–Trinajstić information content (AvgIpc) is 3.37. The summed E-state index contributed by atoms with van der Waals surface area (Å²) in [7, 11) is 0. The number of aromatic nitrogens is 3. The highest BCUT2D eigenvalue weighted by atomic mass is 19.3. The van der Waals surface area contributed by atoms with E-state index < -0.39 is 24.1 Å². The van der Waals surface area contributed by atoms with E-state index >= 15 is 0 Å². The van der Waals surface area contributed by atoms with Crippen LogP contribution in [-0.2, 0) is 21.7 Å². The molecule has 1 saturated carbocycles. The maximum Gasteiger partial charge on any atom is 0.388 e. The Kier molecular flexibility index (Phi) is 5.58. The van der Waals surface area contributed by atoms with Crippen LogP contribution in [-0.4, -0.2) is 50.5 Å². The number of alkyl halides is 2. The van der Waals surface area contributed by atoms with E-state index in [4.69, 9.17) is 4.42 Å². The Balaban J connectivity index is 1.20. The SMILES string of the molecule is Cc1cc(C2(Nc3nnc(-c4ccc(OC(F)F)nc4)o3)CC2)cc2c1CN(C1CCC(=O)NC1=O)C2=O. The number of imide groups is 1. The van der Waals surface area contributed by atoms with E-state index in [1.807, 2.05) is 19.1 Å². The number of carbonyl (C=O) groups is 3. The smallest absolute Gasteiger partial charge is 0.388 e. The number of benzene rings is 1. The molecule has 1 aliphatic carbocycles. The van der Waals surface area contributed by atoms with Crippen LogP contribution in [0.3, 0.4) is 0 Å². The summed E-state index contributed by atoms with van der Waals surface area (Å²) in [6, 6.07) is 6.12. The van der Waals surface area contributed by atoms with Crippen molar-refractivity contribution in [3.8, 4) is 17.3 Å². The van der Waals surface area contributed by atoms with Crippen molar-refractivity contribution in [1.82, 2.24) is 25.4 Å². The number of piperidine rings is 1. The maximum atomic E-state index is 13.3. The van der Waals surface area contributed by atoms with Crippen LogP contribution < -0.4 is 15.4 Å². The van der Waals surface area contributed by atoms with Gasteiger partial charge in [0.2, 0.25) is 17.7 Å². The Labute approximate surface area is 214 Å². The highest BCUT2D eigenvalue weighted by molar-refractivity contribution is 6.05. The summed E-state index contributed by atoms with van der Waals surface area (Å²) >= 11 is 0. The summed E-state index contributed by atoms with van der Waals surface area (Å²) in [5.74, 6) is -1.08. The molecule has 1 saturated heterocycles. The molecule has 6 rings (SSSR count). The second-order valence-corrected chi connectivity index (χ2v) is 9.60. The molecule has 0 radical (unpaired) electrons. The fourth-order valence-electron chi connectivity index (χ4n) is 5.00. The molecule has 3 aromatic rings. The predicted molar refractivity (Wildman–Crippen MR) is 126 cm³/mol. The topological polar surface area (TPSA) is 140 Å². The van der Waals surface area contributed by atoms with Gasteiger partial charge < -0.3 is 19.4 Å². The van der Waals surface area contributed by atoms with Crippen molar-refractivity contribution in [2.75, 3.05) is 5.32 Å². The van der Waals surface area contributed by atoms with Crippen molar-refractivity contribution in [2.45, 2.75) is 57.3 Å². The first-order valence-electron chi connectivity index (χ1n) is 12.0. The zero-order valence-corrected chi connectivity index (χ0v) is 20.2. The molecule has 4 heterocycles. The summed E-state index contributed by atoms with van der Waals surface area (Å²) in [6.45, 7) is -0.727. The van der Waals surface area contributed by atoms with Crippen molar-refractivity contribution in [2.24, 2.45) is 0 Å². The van der Waals surface area contributed by atoms with Gasteiger partial charge in [-0.2, -0.15) is 8.78 Å². The van der Waals surface area contributed by atoms with Crippen molar-refractivity contribution in [1.29, 1.82) is 0 Å². The van der Waals surface area contributed by atoms with Gasteiger partial charge >= 0.3 is 12.6 Å². The van der Waals surface area contributed by atoms with Gasteiger partial charge in [-0.1, -0.05) is 11.2 Å². The highest BCUT2D eigenvalue weighted by Gasteiger charge is 2.47. The number of halogens is 2. The predicted octanol–water partition coefficient (Wildman–Crippen LogP) is 2.90. The second-order valence-electron chi connectivity index (χ2n) is 9.60. The normalized spacial score (nSPS) is 19.9. The van der Waals surface area contributed by atoms with E-state index in [9.17, 15) is 23.2 Å². The molecule has 1 unspecified atom stereocenters. The third-order valence-electron chi connectivity index (χ3n) is 7.15. The number of hydrogen-bond donors (Lipinski definition) is 2. The van der Waals surface area contributed by atoms with Crippen molar-refractivity contribution in [3.63, 3.8) is 0 Å². The lowest BCUT2D eigenvalue weighted by Crippen LogP contribution is -2.52. The maximum absolute atomic E-state index is 13.3. The van der Waals surface area contributed by atoms with Crippen molar-refractivity contribution < 1.29 is 32.3 Å². The number of amides is 3. The number of anilines is 1. The van der Waals surface area contributed by atoms with E-state index in [1.165, 1.54) is 23.2 Å². The first-order valence-corrected chi connectivity index (χ1v) is 12.0. The summed E-state index contributed by atoms with van der Waals surface area (Å²) in [5.41, 5.74) is 3.16. The molecule has 2 fully saturated rings. The molecule has 1 atom stereocenters. The fourth-order valence-corrected chi connectivity index (χ4v) is 5.00. The highest BCUT2D eigenvalue weighted by Crippen LogP contribution is 2.49. The number of fused-ring (bicyclic) bond motifs is 1. The molecule has 13 heteroatoms. The third-order valence-corrected chi connectivity index (χ3v) is 7.15. The van der Waals surface area contributed by atoms with Gasteiger partial charge in [0.05, 0.1) is 11.1 Å². The first-order chi connectivity index (χ1) is 18.2. The lowest BCUT2D eigenvalue weighted by Gasteiger charge is -2.29. The number of carbonyl (C=O) groups excluding carboxylic acids is 3. The van der Waals surface area contributed by atoms with Crippen LogP contribution in [0.25, 0.3) is 11.5 Å². The Morgan fingerprint density at radius 3 is 2.71 bits per heavy atom. The minimum Gasteiger partial charge on any atom is -0.417 e. The summed E-state index contributed by atoms with van der Waals surface area (Å²) in [4.78, 5) is 42.6. The van der Waals surface area contributed by atoms with E-state index in [-0.39, 0.29) is 36.0 Å². The molecule has 0 bridgehead atoms. The van der Waals surface area contributed by atoms with Gasteiger partial charge in [-0.3, -0.25) is 19.7 Å². The Bertz CT molecular complexity index is 1450. The van der Waals surface area contributed by atoms with Crippen LogP contribution in [0.2, 0.25) is 0 Å². The van der Waals surface area contributed by atoms with Gasteiger partial charge in [0, 0.05) is 30.8 Å². The van der Waals surface area contributed by atoms with E-state index in [0.29, 0.717) is 24.1 Å². The van der Waals surface area contributed by atoms with Crippen molar-refractivity contribution >= 4 is 23.7 Å². The molecule has 3 aliphatic rings. The molecule has 196 valence electrons. The van der Waals surface area contributed by atoms with Gasteiger partial charge in [-0.05, 0) is 55.0 Å². The number of nitrogens with one attached hydrogen (secondary N) is 2. The van der Waals surface area contributed by atoms with Gasteiger partial charge in [0.1, 0.15) is 6.04 Å². The summed E-state index contributed by atoms with van der Waals surface area (Å²) in [6.07, 6.45) is 3.35. The summed E-state index contributed by atoms with van der Waals surface area (Å²) < 4.78 is 34.7. The number of pyridine rings is 1. The number of ether oxygens (including phenoxy) is 1. The van der Waals surface area contributed by atoms with Crippen LogP contribution in [0.15, 0.2) is 34.9 Å². The van der Waals surface area contributed by atoms with Crippen LogP contribution in [0.1, 0.15) is 52.7 Å². The van der Waals surface area contributed by atoms with Crippen molar-refractivity contribution in [3.05, 3.63) is 52.7 Å². The number of aryl methyl sites for hydroxylation is 1. The number of nitrogens with zero attached hydrogens (tertiary/aromatic N) is 4. The minimum absolute atomic E-state index is 0.152. The largest absolute Gasteiger partial charge is 0.417 e. The van der Waals surface area contributed by atoms with Crippen LogP contribution in [0.4, 0.5) is 14.8 Å². The summed E-state index contributed by atoms with van der Waals surface area (Å²) in [5, 5.41) is 13.7. The Morgan fingerprint density at radius 2 is 2.03 bits per heavy atom. The molecule has 11 nitrogen and oxygen atoms in total. The lowest BCUT2D eigenvalue weighted by atomic mass is 9.95. The molecule has 38 heavy (non-hydrogen) atoms. The Morgan fingerprint density at radius 1 is 1.21 bits per heavy atom. The van der Waals surface area contributed by atoms with E-state index in [1.54, 1.807) is 0 Å². The molecule has 0 spiro atoms. The average molecular weight is 524 g/mol. The van der Waals surface area contributed by atoms with Gasteiger partial charge in [-0.25, -0.2) is 4.98 Å². The number of rotatable bonds is 7. The molecule has 1 aromatic carbocycles. The second kappa shape index (κ2) is 8.85. The third kappa shape index (κ3) is 4.23. The zero-order chi connectivity index (χ0) is 26.6. The standard InChI is InChI=1S/C25H22F2N6O5/c1-12-8-14(9-15-16(12)11-33(22(15)36)17-3-4-18(34)29-20(17)35)25(6-7-25)30-24-32-31-21(38-24)13-2-5-19(28-10-13)37-23(26)27/h2,5,8-10,17,23H,3-4,6-7,11H2,1H3,(H,30,32)(H,29,34,35). The number of hydrogen-bond acceptors (Lipinski definition) is 9. The van der Waals surface area contributed by atoms with Gasteiger partial charge in [0.15, 0.2) is 0 Å². The monoisotopic (exact) mass is 524 g/mol. The lowest BCUT2D eigenvalue weighted by molar-refractivity contribution is -0.136. The first kappa shape index (κ1) is 23.9. The van der Waals surface area contributed by atoms with E-state index in [2.05, 4.69) is 30.6 Å². The quantitative estimate of drug-likeness (QED) is 0.447. The van der Waals surface area contributed by atoms with E-state index in [0.717, 1.165) is 29.5 Å². The van der Waals surface area contributed by atoms with Crippen LogP contribution >= 0.6 is 0 Å². The molecule has 3 amide bonds. The molecule has 2 N–H and O–H groups in total. The molecule has 2 aliphatic heterocycles. The molecular weight excluding hydrogens is 502 g/mol. The van der Waals surface area contributed by atoms with Gasteiger partial charge in [0.25, 0.3) is 11.8 Å². The minimum atomic E-state index is -2.97. The Hall–Kier alpha value is -4.42. The molecular formula is C25H22F2N6O5. The fraction of sp³-hybridized carbons (Fsp3) is 0.360. The van der Waals surface area contributed by atoms with Crippen LogP contribution in [0.5, 0.6) is 5.88 Å². The molecule has 2 aromatic heterocycles.